The first-order valence-corrected chi connectivity index (χ1v) is 10.8. The fourth-order valence-corrected chi connectivity index (χ4v) is 4.42. The van der Waals surface area contributed by atoms with Crippen molar-refractivity contribution in [2.75, 3.05) is 11.9 Å². The SMILES string of the molecule is Cc1cc(C)n(-c2cccc(NC(=O)CCNS(=O)(=O)c3ccccc3Cl)c2)n1. The number of carbonyl (C=O) groups is 1. The van der Waals surface area contributed by atoms with Crippen molar-refractivity contribution in [3.8, 4) is 5.69 Å². The molecule has 7 nitrogen and oxygen atoms in total. The molecule has 3 rings (SSSR count). The number of nitrogens with one attached hydrogen (secondary N) is 2. The molecule has 2 aromatic carbocycles. The molecule has 0 spiro atoms. The van der Waals surface area contributed by atoms with E-state index < -0.39 is 10.0 Å². The van der Waals surface area contributed by atoms with Gasteiger partial charge < -0.3 is 5.32 Å². The van der Waals surface area contributed by atoms with Crippen LogP contribution >= 0.6 is 11.6 Å². The summed E-state index contributed by atoms with van der Waals surface area (Å²) in [5.74, 6) is -0.308. The Morgan fingerprint density at radius 3 is 2.55 bits per heavy atom. The summed E-state index contributed by atoms with van der Waals surface area (Å²) in [5, 5.41) is 7.33. The fourth-order valence-electron chi connectivity index (χ4n) is 2.87. The first-order chi connectivity index (χ1) is 13.8. The standard InChI is InChI=1S/C20H21ClN4O3S/c1-14-12-15(2)25(24-14)17-7-5-6-16(13-17)23-20(26)10-11-22-29(27,28)19-9-4-3-8-18(19)21/h3-9,12-13,22H,10-11H2,1-2H3,(H,23,26). The number of carbonyl (C=O) groups excluding carboxylic acids is 1. The van der Waals surface area contributed by atoms with Gasteiger partial charge in [-0.15, -0.1) is 0 Å². The smallest absolute Gasteiger partial charge is 0.242 e. The first-order valence-electron chi connectivity index (χ1n) is 8.94. The molecule has 0 saturated carbocycles. The maximum Gasteiger partial charge on any atom is 0.242 e. The number of amides is 1. The van der Waals surface area contributed by atoms with Crippen LogP contribution in [0.15, 0.2) is 59.5 Å². The molecule has 1 heterocycles. The van der Waals surface area contributed by atoms with E-state index in [1.807, 2.05) is 38.1 Å². The van der Waals surface area contributed by atoms with Gasteiger partial charge >= 0.3 is 0 Å². The summed E-state index contributed by atoms with van der Waals surface area (Å²) < 4.78 is 28.8. The minimum Gasteiger partial charge on any atom is -0.326 e. The number of hydrogen-bond donors (Lipinski definition) is 2. The molecular formula is C20H21ClN4O3S. The number of aryl methyl sites for hydroxylation is 2. The van der Waals surface area contributed by atoms with Crippen molar-refractivity contribution in [2.45, 2.75) is 25.2 Å². The minimum atomic E-state index is -3.78. The van der Waals surface area contributed by atoms with Crippen LogP contribution in [0.1, 0.15) is 17.8 Å². The van der Waals surface area contributed by atoms with Gasteiger partial charge in [-0.25, -0.2) is 17.8 Å². The quantitative estimate of drug-likeness (QED) is 0.598. The molecule has 0 atom stereocenters. The molecule has 9 heteroatoms. The third-order valence-corrected chi connectivity index (χ3v) is 6.12. The Hall–Kier alpha value is -2.68. The second-order valence-corrected chi connectivity index (χ2v) is 8.66. The molecule has 1 amide bonds. The number of rotatable bonds is 7. The summed E-state index contributed by atoms with van der Waals surface area (Å²) >= 11 is 5.93. The van der Waals surface area contributed by atoms with Gasteiger partial charge in [0.15, 0.2) is 0 Å². The van der Waals surface area contributed by atoms with Crippen LogP contribution in [-0.4, -0.2) is 30.7 Å². The van der Waals surface area contributed by atoms with Gasteiger partial charge in [-0.05, 0) is 50.2 Å². The van der Waals surface area contributed by atoms with Crippen molar-refractivity contribution in [1.29, 1.82) is 0 Å². The largest absolute Gasteiger partial charge is 0.326 e. The van der Waals surface area contributed by atoms with E-state index >= 15 is 0 Å². The van der Waals surface area contributed by atoms with Crippen molar-refractivity contribution >= 4 is 33.2 Å². The fraction of sp³-hybridized carbons (Fsp3) is 0.200. The molecule has 29 heavy (non-hydrogen) atoms. The van der Waals surface area contributed by atoms with Crippen LogP contribution in [-0.2, 0) is 14.8 Å². The zero-order valence-electron chi connectivity index (χ0n) is 16.0. The van der Waals surface area contributed by atoms with Gasteiger partial charge in [-0.2, -0.15) is 5.10 Å². The van der Waals surface area contributed by atoms with Crippen LogP contribution in [0.5, 0.6) is 0 Å². The van der Waals surface area contributed by atoms with Gasteiger partial charge in [0, 0.05) is 24.3 Å². The molecule has 0 fully saturated rings. The van der Waals surface area contributed by atoms with Crippen LogP contribution in [0.4, 0.5) is 5.69 Å². The molecule has 1 aromatic heterocycles. The Bertz CT molecular complexity index is 1140. The zero-order chi connectivity index (χ0) is 21.0. The summed E-state index contributed by atoms with van der Waals surface area (Å²) in [6, 6.07) is 15.4. The second-order valence-electron chi connectivity index (χ2n) is 6.52. The van der Waals surface area contributed by atoms with Crippen molar-refractivity contribution < 1.29 is 13.2 Å². The number of sulfonamides is 1. The Morgan fingerprint density at radius 2 is 1.86 bits per heavy atom. The van der Waals surface area contributed by atoms with E-state index in [4.69, 9.17) is 11.6 Å². The van der Waals surface area contributed by atoms with E-state index in [0.29, 0.717) is 5.69 Å². The third-order valence-electron chi connectivity index (χ3n) is 4.15. The van der Waals surface area contributed by atoms with Gasteiger partial charge in [-0.1, -0.05) is 29.8 Å². The minimum absolute atomic E-state index is 0.0142. The highest BCUT2D eigenvalue weighted by molar-refractivity contribution is 7.89. The van der Waals surface area contributed by atoms with Crippen LogP contribution in [0, 0.1) is 13.8 Å². The number of benzene rings is 2. The number of halogens is 1. The van der Waals surface area contributed by atoms with Crippen molar-refractivity contribution in [3.05, 3.63) is 71.0 Å². The molecule has 152 valence electrons. The second kappa shape index (κ2) is 8.77. The molecule has 0 radical (unpaired) electrons. The van der Waals surface area contributed by atoms with E-state index in [1.54, 1.807) is 22.9 Å². The summed E-state index contributed by atoms with van der Waals surface area (Å²) in [6.07, 6.45) is -0.0200. The van der Waals surface area contributed by atoms with Crippen LogP contribution in [0.3, 0.4) is 0 Å². The van der Waals surface area contributed by atoms with E-state index in [-0.39, 0.29) is 28.8 Å². The van der Waals surface area contributed by atoms with Gasteiger partial charge in [0.1, 0.15) is 4.90 Å². The lowest BCUT2D eigenvalue weighted by Crippen LogP contribution is -2.28. The van der Waals surface area contributed by atoms with Gasteiger partial charge in [0.2, 0.25) is 15.9 Å². The van der Waals surface area contributed by atoms with Crippen molar-refractivity contribution in [2.24, 2.45) is 0 Å². The molecule has 0 aliphatic heterocycles. The summed E-state index contributed by atoms with van der Waals surface area (Å²) in [6.45, 7) is 3.83. The highest BCUT2D eigenvalue weighted by atomic mass is 35.5. The summed E-state index contributed by atoms with van der Waals surface area (Å²) in [7, 11) is -3.78. The average Bonchev–Trinajstić information content (AvgIpc) is 3.00. The van der Waals surface area contributed by atoms with Crippen molar-refractivity contribution in [3.63, 3.8) is 0 Å². The molecule has 0 unspecified atom stereocenters. The van der Waals surface area contributed by atoms with Crippen LogP contribution in [0.2, 0.25) is 5.02 Å². The highest BCUT2D eigenvalue weighted by Gasteiger charge is 2.17. The molecule has 0 saturated heterocycles. The Morgan fingerprint density at radius 1 is 1.10 bits per heavy atom. The summed E-state index contributed by atoms with van der Waals surface area (Å²) in [5.41, 5.74) is 3.32. The highest BCUT2D eigenvalue weighted by Crippen LogP contribution is 2.20. The predicted molar refractivity (Wildman–Crippen MR) is 113 cm³/mol. The lowest BCUT2D eigenvalue weighted by molar-refractivity contribution is -0.116. The maximum atomic E-state index is 12.3. The van der Waals surface area contributed by atoms with E-state index in [1.165, 1.54) is 12.1 Å². The Balaban J connectivity index is 1.60. The number of anilines is 1. The predicted octanol–water partition coefficient (Wildman–Crippen LogP) is 3.45. The van der Waals surface area contributed by atoms with Crippen LogP contribution < -0.4 is 10.0 Å². The van der Waals surface area contributed by atoms with E-state index in [9.17, 15) is 13.2 Å². The van der Waals surface area contributed by atoms with Gasteiger partial charge in [-0.3, -0.25) is 4.79 Å². The number of hydrogen-bond acceptors (Lipinski definition) is 4. The molecule has 0 aliphatic rings. The average molecular weight is 433 g/mol. The topological polar surface area (TPSA) is 93.1 Å². The molecule has 0 aliphatic carbocycles. The van der Waals surface area contributed by atoms with Crippen molar-refractivity contribution in [1.82, 2.24) is 14.5 Å². The number of nitrogens with zero attached hydrogens (tertiary/aromatic N) is 2. The maximum absolute atomic E-state index is 12.3. The normalized spacial score (nSPS) is 11.4. The molecular weight excluding hydrogens is 412 g/mol. The Kier molecular flexibility index (Phi) is 6.36. The molecule has 2 N–H and O–H groups in total. The lowest BCUT2D eigenvalue weighted by atomic mass is 10.2. The zero-order valence-corrected chi connectivity index (χ0v) is 17.6. The monoisotopic (exact) mass is 432 g/mol. The number of aromatic nitrogens is 2. The third kappa shape index (κ3) is 5.23. The van der Waals surface area contributed by atoms with Crippen LogP contribution in [0.25, 0.3) is 5.69 Å². The first kappa shape index (κ1) is 21.0. The van der Waals surface area contributed by atoms with Gasteiger partial charge in [0.05, 0.1) is 16.4 Å². The van der Waals surface area contributed by atoms with E-state index in [2.05, 4.69) is 15.1 Å². The van der Waals surface area contributed by atoms with E-state index in [0.717, 1.165) is 17.1 Å². The molecule has 0 bridgehead atoms. The van der Waals surface area contributed by atoms with Gasteiger partial charge in [0.25, 0.3) is 0 Å². The molecule has 3 aromatic rings. The lowest BCUT2D eigenvalue weighted by Gasteiger charge is -2.10. The summed E-state index contributed by atoms with van der Waals surface area (Å²) in [4.78, 5) is 12.2. The Labute approximate surface area is 174 Å².